The highest BCUT2D eigenvalue weighted by atomic mass is 31.2. The van der Waals surface area contributed by atoms with Crippen LogP contribution >= 0.6 is 7.82 Å². The molecule has 0 aromatic carbocycles. The highest BCUT2D eigenvalue weighted by Gasteiger charge is 2.51. The maximum Gasteiger partial charge on any atom is 0.469 e. The molecule has 3 aliphatic rings. The van der Waals surface area contributed by atoms with Gasteiger partial charge in [0.05, 0.1) is 12.6 Å². The molecule has 15 atom stereocenters. The summed E-state index contributed by atoms with van der Waals surface area (Å²) in [5, 5.41) is 62.0. The van der Waals surface area contributed by atoms with Gasteiger partial charge in [0.15, 0.2) is 12.6 Å². The third-order valence-corrected chi connectivity index (χ3v) is 7.19. The largest absolute Gasteiger partial charge is 0.469 e. The molecule has 19 heteroatoms. The van der Waals surface area contributed by atoms with Gasteiger partial charge in [-0.1, -0.05) is 0 Å². The third-order valence-electron chi connectivity index (χ3n) is 6.71. The zero-order valence-corrected chi connectivity index (χ0v) is 20.5. The number of ether oxygens (including phenoxy) is 4. The lowest BCUT2D eigenvalue weighted by molar-refractivity contribution is -0.331. The van der Waals surface area contributed by atoms with Gasteiger partial charge in [0.2, 0.25) is 0 Å². The molecule has 0 radical (unpaired) electrons. The topological polar surface area (TPSA) is 329 Å². The molecule has 0 aromatic rings. The highest BCUT2D eigenvalue weighted by molar-refractivity contribution is 7.46. The van der Waals surface area contributed by atoms with E-state index in [1.165, 1.54) is 0 Å². The summed E-state index contributed by atoms with van der Waals surface area (Å²) in [5.74, 6) is 0. The summed E-state index contributed by atoms with van der Waals surface area (Å²) in [4.78, 5) is 17.8. The minimum atomic E-state index is -4.92. The first kappa shape index (κ1) is 31.1. The molecule has 1 unspecified atom stereocenters. The number of nitrogens with two attached hydrogens (primary N) is 4. The van der Waals surface area contributed by atoms with E-state index in [0.29, 0.717) is 0 Å². The Kier molecular flexibility index (Phi) is 10.4. The Morgan fingerprint density at radius 3 is 1.76 bits per heavy atom. The second-order valence-electron chi connectivity index (χ2n) is 9.39. The number of phosphoric acid groups is 1. The van der Waals surface area contributed by atoms with E-state index >= 15 is 0 Å². The Labute approximate surface area is 211 Å². The minimum Gasteiger partial charge on any atom is -0.389 e. The van der Waals surface area contributed by atoms with Crippen LogP contribution in [0.2, 0.25) is 0 Å². The van der Waals surface area contributed by atoms with Crippen molar-refractivity contribution in [2.75, 3.05) is 13.2 Å². The molecule has 0 amide bonds. The van der Waals surface area contributed by atoms with Crippen molar-refractivity contribution >= 4 is 7.82 Å². The van der Waals surface area contributed by atoms with Gasteiger partial charge < -0.3 is 82.3 Å². The average Bonchev–Trinajstić information content (AvgIpc) is 2.82. The molecule has 18 nitrogen and oxygen atoms in total. The van der Waals surface area contributed by atoms with E-state index in [4.69, 9.17) is 51.7 Å². The number of aliphatic hydroxyl groups excluding tert-OH is 6. The van der Waals surface area contributed by atoms with Crippen LogP contribution in [-0.4, -0.2) is 145 Å². The van der Waals surface area contributed by atoms with Gasteiger partial charge in [-0.3, -0.25) is 4.52 Å². The van der Waals surface area contributed by atoms with Gasteiger partial charge in [-0.05, 0) is 6.42 Å². The smallest absolute Gasteiger partial charge is 0.389 e. The summed E-state index contributed by atoms with van der Waals surface area (Å²) < 4.78 is 37.6. The van der Waals surface area contributed by atoms with Crippen molar-refractivity contribution in [2.45, 2.75) is 98.2 Å². The third kappa shape index (κ3) is 7.01. The number of phosphoric ester groups is 1. The lowest BCUT2D eigenvalue weighted by Crippen LogP contribution is -2.68. The van der Waals surface area contributed by atoms with Gasteiger partial charge in [-0.25, -0.2) is 4.57 Å². The zero-order valence-electron chi connectivity index (χ0n) is 19.6. The summed E-state index contributed by atoms with van der Waals surface area (Å²) in [5.41, 5.74) is 23.5. The Morgan fingerprint density at radius 1 is 0.730 bits per heavy atom. The molecule has 37 heavy (non-hydrogen) atoms. The van der Waals surface area contributed by atoms with Crippen molar-refractivity contribution in [1.82, 2.24) is 0 Å². The molecule has 1 aliphatic carbocycles. The van der Waals surface area contributed by atoms with Crippen molar-refractivity contribution in [3.8, 4) is 0 Å². The van der Waals surface area contributed by atoms with Crippen LogP contribution in [0.15, 0.2) is 0 Å². The summed E-state index contributed by atoms with van der Waals surface area (Å²) in [6.07, 6.45) is -18.0. The molecule has 3 fully saturated rings. The zero-order chi connectivity index (χ0) is 27.8. The van der Waals surface area contributed by atoms with Gasteiger partial charge in [0, 0.05) is 18.6 Å². The minimum absolute atomic E-state index is 0.00292. The molecule has 0 spiro atoms. The van der Waals surface area contributed by atoms with Crippen LogP contribution in [0.4, 0.5) is 0 Å². The predicted octanol–water partition coefficient (Wildman–Crippen LogP) is -7.17. The number of hydrogen-bond acceptors (Lipinski definition) is 16. The summed E-state index contributed by atoms with van der Waals surface area (Å²) in [6.45, 7) is -1.01. The summed E-state index contributed by atoms with van der Waals surface area (Å²) >= 11 is 0. The van der Waals surface area contributed by atoms with E-state index in [1.807, 2.05) is 0 Å². The SMILES string of the molecule is NC[C@H]1OC(O[C@H]2[C@H](O)[C@@H](O[C@H]3O[C@H](COP(=O)(O)O)[C@@H](O)[C@H](N)[C@H]3O)[C@H](N)C[C@@H]2N)[C@H](O)[C@@H](O)[C@@H]1O. The fourth-order valence-electron chi connectivity index (χ4n) is 4.56. The summed E-state index contributed by atoms with van der Waals surface area (Å²) in [6, 6.07) is -3.23. The second kappa shape index (κ2) is 12.4. The highest BCUT2D eigenvalue weighted by Crippen LogP contribution is 2.37. The molecule has 2 saturated heterocycles. The predicted molar refractivity (Wildman–Crippen MR) is 119 cm³/mol. The van der Waals surface area contributed by atoms with Crippen LogP contribution < -0.4 is 22.9 Å². The van der Waals surface area contributed by atoms with Crippen LogP contribution in [0.1, 0.15) is 6.42 Å². The van der Waals surface area contributed by atoms with Crippen LogP contribution in [-0.2, 0) is 28.0 Å². The van der Waals surface area contributed by atoms with E-state index in [-0.39, 0.29) is 13.0 Å². The lowest BCUT2D eigenvalue weighted by atomic mass is 9.84. The van der Waals surface area contributed by atoms with E-state index in [0.717, 1.165) is 0 Å². The molecule has 0 bridgehead atoms. The fraction of sp³-hybridized carbons (Fsp3) is 1.00. The van der Waals surface area contributed by atoms with E-state index < -0.39 is 106 Å². The summed E-state index contributed by atoms with van der Waals surface area (Å²) in [7, 11) is -4.92. The molecule has 0 aromatic heterocycles. The van der Waals surface area contributed by atoms with E-state index in [2.05, 4.69) is 4.52 Å². The Morgan fingerprint density at radius 2 is 1.24 bits per heavy atom. The molecule has 3 rings (SSSR count). The number of aliphatic hydroxyl groups is 6. The number of hydrogen-bond donors (Lipinski definition) is 12. The van der Waals surface area contributed by atoms with Crippen molar-refractivity contribution in [2.24, 2.45) is 22.9 Å². The van der Waals surface area contributed by atoms with Gasteiger partial charge in [-0.15, -0.1) is 0 Å². The van der Waals surface area contributed by atoms with Crippen LogP contribution in [0.3, 0.4) is 0 Å². The standard InChI is InChI=1S/C18H37N4O14P/c19-2-6-10(24)12(26)13(27)18(33-6)36-16-5(21)1-4(20)15(14(16)28)35-17-11(25)8(22)9(23)7(34-17)3-32-37(29,30)31/h4-18,23-28H,1-3,19-22H2,(H2,29,30,31)/t4-,5+,6-,7-,8+,9-,10-,11-,12+,13-,14-,15+,16-,17-,18?/m1/s1. The number of rotatable bonds is 8. The van der Waals surface area contributed by atoms with Gasteiger partial charge in [0.25, 0.3) is 0 Å². The first-order valence-corrected chi connectivity index (χ1v) is 13.1. The second-order valence-corrected chi connectivity index (χ2v) is 10.6. The van der Waals surface area contributed by atoms with E-state index in [9.17, 15) is 35.2 Å². The first-order chi connectivity index (χ1) is 17.2. The maximum absolute atomic E-state index is 11.0. The quantitative estimate of drug-likeness (QED) is 0.122. The van der Waals surface area contributed by atoms with Crippen molar-refractivity contribution < 1.29 is 68.5 Å². The molecular weight excluding hydrogens is 527 g/mol. The normalized spacial score (nSPS) is 49.7. The van der Waals surface area contributed by atoms with Crippen molar-refractivity contribution in [3.63, 3.8) is 0 Å². The van der Waals surface area contributed by atoms with Crippen LogP contribution in [0, 0.1) is 0 Å². The van der Waals surface area contributed by atoms with Crippen molar-refractivity contribution in [1.29, 1.82) is 0 Å². The van der Waals surface area contributed by atoms with Gasteiger partial charge in [-0.2, -0.15) is 0 Å². The van der Waals surface area contributed by atoms with E-state index in [1.54, 1.807) is 0 Å². The van der Waals surface area contributed by atoms with Crippen LogP contribution in [0.25, 0.3) is 0 Å². The molecule has 2 heterocycles. The Hall–Kier alpha value is -0.450. The molecule has 16 N–H and O–H groups in total. The van der Waals surface area contributed by atoms with Crippen LogP contribution in [0.5, 0.6) is 0 Å². The monoisotopic (exact) mass is 564 g/mol. The Bertz CT molecular complexity index is 796. The lowest BCUT2D eigenvalue weighted by Gasteiger charge is -2.48. The first-order valence-electron chi connectivity index (χ1n) is 11.5. The molecule has 2 aliphatic heterocycles. The average molecular weight is 564 g/mol. The Balaban J connectivity index is 1.72. The van der Waals surface area contributed by atoms with Gasteiger partial charge >= 0.3 is 7.82 Å². The molecular formula is C18H37N4O14P. The molecule has 218 valence electrons. The van der Waals surface area contributed by atoms with Gasteiger partial charge in [0.1, 0.15) is 61.0 Å². The molecule has 1 saturated carbocycles. The fourth-order valence-corrected chi connectivity index (χ4v) is 4.90. The maximum atomic E-state index is 11.0. The van der Waals surface area contributed by atoms with Crippen molar-refractivity contribution in [3.05, 3.63) is 0 Å².